The summed E-state index contributed by atoms with van der Waals surface area (Å²) in [6, 6.07) is 4.87. The van der Waals surface area contributed by atoms with Crippen LogP contribution in [0, 0.1) is 18.8 Å². The molecule has 0 aromatic heterocycles. The van der Waals surface area contributed by atoms with Crippen molar-refractivity contribution in [3.8, 4) is 11.8 Å². The Hall–Kier alpha value is -2.04. The third-order valence-corrected chi connectivity index (χ3v) is 2.32. The van der Waals surface area contributed by atoms with Crippen molar-refractivity contribution in [1.82, 2.24) is 0 Å². The molecule has 0 bridgehead atoms. The zero-order valence-corrected chi connectivity index (χ0v) is 11.3. The van der Waals surface area contributed by atoms with Crippen molar-refractivity contribution in [3.05, 3.63) is 29.3 Å². The third kappa shape index (κ3) is 6.79. The predicted octanol–water partition coefficient (Wildman–Crippen LogP) is 1.86. The topological polar surface area (TPSA) is 58.6 Å². The van der Waals surface area contributed by atoms with Crippen LogP contribution < -0.4 is 5.32 Å². The summed E-state index contributed by atoms with van der Waals surface area (Å²) in [5, 5.41) is 11.1. The maximum atomic E-state index is 11.9. The molecule has 0 aliphatic rings. The number of amides is 1. The molecule has 1 aromatic rings. The minimum atomic E-state index is -4.46. The monoisotopic (exact) mass is 301 g/mol. The summed E-state index contributed by atoms with van der Waals surface area (Å²) in [7, 11) is 0. The Kier molecular flexibility index (Phi) is 6.21. The van der Waals surface area contributed by atoms with Crippen LogP contribution in [-0.4, -0.2) is 37.0 Å². The lowest BCUT2D eigenvalue weighted by Crippen LogP contribution is -2.24. The molecule has 1 amide bonds. The second-order valence-electron chi connectivity index (χ2n) is 4.15. The number of alkyl halides is 3. The molecule has 0 atom stereocenters. The van der Waals surface area contributed by atoms with Crippen molar-refractivity contribution in [2.45, 2.75) is 13.1 Å². The summed E-state index contributed by atoms with van der Waals surface area (Å²) in [5.41, 5.74) is 1.85. The number of hydrogen-bond donors (Lipinski definition) is 2. The first-order valence-corrected chi connectivity index (χ1v) is 5.96. The number of carbonyl (C=O) groups excluding carboxylic acids is 1. The highest BCUT2D eigenvalue weighted by Gasteiger charge is 2.27. The summed E-state index contributed by atoms with van der Waals surface area (Å²) in [6.07, 6.45) is -4.46. The number of carbonyl (C=O) groups is 1. The maximum absolute atomic E-state index is 11.9. The van der Waals surface area contributed by atoms with Crippen LogP contribution in [0.1, 0.15) is 11.1 Å². The first-order valence-electron chi connectivity index (χ1n) is 5.96. The van der Waals surface area contributed by atoms with Crippen LogP contribution in [0.3, 0.4) is 0 Å². The molecule has 1 rings (SSSR count). The average Bonchev–Trinajstić information content (AvgIpc) is 2.38. The van der Waals surface area contributed by atoms with Gasteiger partial charge in [-0.25, -0.2) is 0 Å². The highest BCUT2D eigenvalue weighted by Crippen LogP contribution is 2.16. The van der Waals surface area contributed by atoms with Gasteiger partial charge in [0, 0.05) is 11.3 Å². The molecular weight excluding hydrogens is 287 g/mol. The van der Waals surface area contributed by atoms with Gasteiger partial charge in [0.15, 0.2) is 0 Å². The fourth-order valence-corrected chi connectivity index (χ4v) is 1.43. The standard InChI is InChI=1S/C14H14F3NO3/c1-10-4-5-12(7-11(10)3-2-6-19)18-13(20)8-21-9-14(15,16)17/h4-5,7,19H,6,8-9H2,1H3,(H,18,20). The van der Waals surface area contributed by atoms with Gasteiger partial charge < -0.3 is 15.2 Å². The van der Waals surface area contributed by atoms with E-state index >= 15 is 0 Å². The molecule has 0 spiro atoms. The first-order chi connectivity index (χ1) is 9.81. The molecular formula is C14H14F3NO3. The second kappa shape index (κ2) is 7.67. The molecule has 4 nitrogen and oxygen atoms in total. The quantitative estimate of drug-likeness (QED) is 0.835. The van der Waals surface area contributed by atoms with Crippen molar-refractivity contribution < 1.29 is 27.8 Å². The van der Waals surface area contributed by atoms with Crippen LogP contribution in [0.4, 0.5) is 18.9 Å². The van der Waals surface area contributed by atoms with Gasteiger partial charge in [-0.1, -0.05) is 17.9 Å². The molecule has 0 aliphatic carbocycles. The number of aliphatic hydroxyl groups is 1. The van der Waals surface area contributed by atoms with Crippen LogP contribution in [-0.2, 0) is 9.53 Å². The summed E-state index contributed by atoms with van der Waals surface area (Å²) in [5.74, 6) is 4.50. The zero-order chi connectivity index (χ0) is 15.9. The number of hydrogen-bond acceptors (Lipinski definition) is 3. The lowest BCUT2D eigenvalue weighted by atomic mass is 10.1. The van der Waals surface area contributed by atoms with Gasteiger partial charge in [0.2, 0.25) is 5.91 Å². The average molecular weight is 301 g/mol. The van der Waals surface area contributed by atoms with Crippen LogP contribution in [0.5, 0.6) is 0 Å². The fraction of sp³-hybridized carbons (Fsp3) is 0.357. The van der Waals surface area contributed by atoms with E-state index in [0.29, 0.717) is 11.3 Å². The Morgan fingerprint density at radius 1 is 1.43 bits per heavy atom. The van der Waals surface area contributed by atoms with Gasteiger partial charge in [-0.15, -0.1) is 0 Å². The molecule has 0 aliphatic heterocycles. The zero-order valence-electron chi connectivity index (χ0n) is 11.3. The van der Waals surface area contributed by atoms with Crippen LogP contribution in [0.25, 0.3) is 0 Å². The summed E-state index contributed by atoms with van der Waals surface area (Å²) < 4.78 is 39.8. The number of nitrogens with one attached hydrogen (secondary N) is 1. The first kappa shape index (κ1) is 17.0. The lowest BCUT2D eigenvalue weighted by Gasteiger charge is -2.09. The predicted molar refractivity (Wildman–Crippen MR) is 70.6 cm³/mol. The largest absolute Gasteiger partial charge is 0.411 e. The minimum Gasteiger partial charge on any atom is -0.384 e. The lowest BCUT2D eigenvalue weighted by molar-refractivity contribution is -0.174. The van der Waals surface area contributed by atoms with Crippen LogP contribution in [0.2, 0.25) is 0 Å². The highest BCUT2D eigenvalue weighted by atomic mass is 19.4. The van der Waals surface area contributed by atoms with E-state index < -0.39 is 25.3 Å². The van der Waals surface area contributed by atoms with Gasteiger partial charge in [0.05, 0.1) is 0 Å². The Bertz CT molecular complexity index is 559. The molecule has 0 fully saturated rings. The highest BCUT2D eigenvalue weighted by molar-refractivity contribution is 5.91. The fourth-order valence-electron chi connectivity index (χ4n) is 1.43. The van der Waals surface area contributed by atoms with E-state index in [1.165, 1.54) is 0 Å². The Labute approximate surface area is 119 Å². The van der Waals surface area contributed by atoms with E-state index in [1.807, 2.05) is 0 Å². The van der Waals surface area contributed by atoms with Crippen molar-refractivity contribution in [2.24, 2.45) is 0 Å². The summed E-state index contributed by atoms with van der Waals surface area (Å²) in [6.45, 7) is -0.646. The van der Waals surface area contributed by atoms with Gasteiger partial charge in [-0.2, -0.15) is 13.2 Å². The van der Waals surface area contributed by atoms with E-state index in [0.717, 1.165) is 5.56 Å². The molecule has 0 heterocycles. The molecule has 7 heteroatoms. The Morgan fingerprint density at radius 3 is 2.76 bits per heavy atom. The van der Waals surface area contributed by atoms with E-state index in [1.54, 1.807) is 25.1 Å². The van der Waals surface area contributed by atoms with Crippen LogP contribution in [0.15, 0.2) is 18.2 Å². The molecule has 0 saturated carbocycles. The molecule has 0 radical (unpaired) electrons. The molecule has 0 unspecified atom stereocenters. The van der Waals surface area contributed by atoms with Crippen LogP contribution >= 0.6 is 0 Å². The number of ether oxygens (including phenoxy) is 1. The summed E-state index contributed by atoms with van der Waals surface area (Å²) >= 11 is 0. The second-order valence-corrected chi connectivity index (χ2v) is 4.15. The minimum absolute atomic E-state index is 0.290. The molecule has 1 aromatic carbocycles. The van der Waals surface area contributed by atoms with Gasteiger partial charge >= 0.3 is 6.18 Å². The van der Waals surface area contributed by atoms with Gasteiger partial charge in [0.25, 0.3) is 0 Å². The summed E-state index contributed by atoms with van der Waals surface area (Å²) in [4.78, 5) is 11.4. The van der Waals surface area contributed by atoms with Crippen molar-refractivity contribution >= 4 is 11.6 Å². The van der Waals surface area contributed by atoms with E-state index in [4.69, 9.17) is 5.11 Å². The number of aliphatic hydroxyl groups excluding tert-OH is 1. The molecule has 0 saturated heterocycles. The van der Waals surface area contributed by atoms with E-state index in [2.05, 4.69) is 21.9 Å². The number of halogens is 3. The number of benzene rings is 1. The third-order valence-electron chi connectivity index (χ3n) is 2.32. The normalized spacial score (nSPS) is 10.7. The molecule has 21 heavy (non-hydrogen) atoms. The number of anilines is 1. The SMILES string of the molecule is Cc1ccc(NC(=O)COCC(F)(F)F)cc1C#CCO. The van der Waals surface area contributed by atoms with E-state index in [9.17, 15) is 18.0 Å². The van der Waals surface area contributed by atoms with E-state index in [-0.39, 0.29) is 6.61 Å². The number of rotatable bonds is 4. The maximum Gasteiger partial charge on any atom is 0.411 e. The molecule has 114 valence electrons. The van der Waals surface area contributed by atoms with Gasteiger partial charge in [-0.3, -0.25) is 4.79 Å². The Balaban J connectivity index is 2.60. The van der Waals surface area contributed by atoms with Gasteiger partial charge in [-0.05, 0) is 24.6 Å². The Morgan fingerprint density at radius 2 is 2.14 bits per heavy atom. The van der Waals surface area contributed by atoms with Gasteiger partial charge in [0.1, 0.15) is 19.8 Å². The van der Waals surface area contributed by atoms with Crippen molar-refractivity contribution in [3.63, 3.8) is 0 Å². The smallest absolute Gasteiger partial charge is 0.384 e. The molecule has 2 N–H and O–H groups in total. The number of aryl methyl sites for hydroxylation is 1. The van der Waals surface area contributed by atoms with Crippen molar-refractivity contribution in [2.75, 3.05) is 25.1 Å². The van der Waals surface area contributed by atoms with Crippen molar-refractivity contribution in [1.29, 1.82) is 0 Å².